The highest BCUT2D eigenvalue weighted by Crippen LogP contribution is 2.31. The van der Waals surface area contributed by atoms with E-state index in [2.05, 4.69) is 10.6 Å². The molecule has 9 nitrogen and oxygen atoms in total. The number of carboxylic acid groups (broad SMARTS) is 1. The first kappa shape index (κ1) is 29.0. The van der Waals surface area contributed by atoms with Crippen LogP contribution in [0.3, 0.4) is 0 Å². The third-order valence-corrected chi connectivity index (χ3v) is 7.54. The van der Waals surface area contributed by atoms with E-state index in [1.54, 1.807) is 31.2 Å². The standard InChI is InChI=1S/C30H34ClN3O6/c1-18-10-12-21(13-11-18)24(14-26(35)36)32-30(39)33-27-28(37)19(2)15-34(29(27)38)16-22-23(31)8-5-9-25(22)40-17-20-6-3-4-7-20/h5,8-13,15,20,24,37H,3-4,6-7,14,16-17H2,1-2H3,(H,35,36)(H2,32,33,39)/t24-/m0/s1. The molecule has 0 aliphatic heterocycles. The second kappa shape index (κ2) is 12.9. The molecule has 1 saturated carbocycles. The molecule has 1 heterocycles. The Balaban J connectivity index is 1.56. The van der Waals surface area contributed by atoms with Crippen LogP contribution in [0.4, 0.5) is 10.5 Å². The van der Waals surface area contributed by atoms with Crippen molar-refractivity contribution in [1.29, 1.82) is 0 Å². The number of aromatic hydroxyl groups is 1. The fourth-order valence-corrected chi connectivity index (χ4v) is 5.17. The van der Waals surface area contributed by atoms with E-state index in [0.29, 0.717) is 40.0 Å². The quantitative estimate of drug-likeness (QED) is 0.246. The summed E-state index contributed by atoms with van der Waals surface area (Å²) in [7, 11) is 0. The van der Waals surface area contributed by atoms with E-state index in [9.17, 15) is 24.6 Å². The Hall–Kier alpha value is -3.98. The number of pyridine rings is 1. The van der Waals surface area contributed by atoms with Crippen LogP contribution in [0, 0.1) is 19.8 Å². The van der Waals surface area contributed by atoms with Gasteiger partial charge in [-0.1, -0.05) is 60.3 Å². The molecule has 1 atom stereocenters. The SMILES string of the molecule is Cc1ccc([C@H](CC(=O)O)NC(=O)Nc2c(O)c(C)cn(Cc3c(Cl)cccc3OCC3CCCC3)c2=O)cc1. The number of hydrogen-bond acceptors (Lipinski definition) is 5. The molecular formula is C30H34ClN3O6. The number of nitrogens with one attached hydrogen (secondary N) is 2. The molecule has 0 unspecified atom stereocenters. The zero-order valence-corrected chi connectivity index (χ0v) is 23.3. The molecule has 3 aromatic rings. The maximum Gasteiger partial charge on any atom is 0.319 e. The number of nitrogens with zero attached hydrogens (tertiary/aromatic N) is 1. The number of hydrogen-bond donors (Lipinski definition) is 4. The maximum atomic E-state index is 13.4. The fourth-order valence-electron chi connectivity index (χ4n) is 4.94. The molecule has 1 aromatic heterocycles. The Labute approximate surface area is 237 Å². The second-order valence-corrected chi connectivity index (χ2v) is 10.7. The van der Waals surface area contributed by atoms with Crippen molar-refractivity contribution in [3.63, 3.8) is 0 Å². The van der Waals surface area contributed by atoms with E-state index in [0.717, 1.165) is 18.4 Å². The number of carbonyl (C=O) groups excluding carboxylic acids is 1. The van der Waals surface area contributed by atoms with Crippen LogP contribution in [-0.2, 0) is 11.3 Å². The van der Waals surface area contributed by atoms with Gasteiger partial charge in [-0.3, -0.25) is 9.59 Å². The van der Waals surface area contributed by atoms with E-state index in [1.807, 2.05) is 25.1 Å². The summed E-state index contributed by atoms with van der Waals surface area (Å²) in [6.07, 6.45) is 5.77. The molecule has 40 heavy (non-hydrogen) atoms. The zero-order chi connectivity index (χ0) is 28.8. The summed E-state index contributed by atoms with van der Waals surface area (Å²) in [5.74, 6) is -0.403. The summed E-state index contributed by atoms with van der Waals surface area (Å²) in [6, 6.07) is 10.7. The van der Waals surface area contributed by atoms with Crippen molar-refractivity contribution in [3.8, 4) is 11.5 Å². The van der Waals surface area contributed by atoms with Gasteiger partial charge in [-0.15, -0.1) is 0 Å². The summed E-state index contributed by atoms with van der Waals surface area (Å²) in [5, 5.41) is 25.5. The number of aliphatic carboxylic acids is 1. The number of amides is 2. The van der Waals surface area contributed by atoms with Crippen molar-refractivity contribution in [2.45, 2.75) is 58.5 Å². The number of rotatable bonds is 10. The van der Waals surface area contributed by atoms with Gasteiger partial charge in [-0.05, 0) is 50.3 Å². The van der Waals surface area contributed by atoms with Gasteiger partial charge in [0.05, 0.1) is 25.6 Å². The largest absolute Gasteiger partial charge is 0.505 e. The Kier molecular flexibility index (Phi) is 9.37. The third-order valence-electron chi connectivity index (χ3n) is 7.19. The first-order valence-corrected chi connectivity index (χ1v) is 13.7. The average Bonchev–Trinajstić information content (AvgIpc) is 3.43. The van der Waals surface area contributed by atoms with Crippen molar-refractivity contribution in [3.05, 3.63) is 86.3 Å². The molecule has 212 valence electrons. The van der Waals surface area contributed by atoms with Crippen LogP contribution in [0.25, 0.3) is 0 Å². The predicted molar refractivity (Wildman–Crippen MR) is 153 cm³/mol. The van der Waals surface area contributed by atoms with Crippen molar-refractivity contribution < 1.29 is 24.5 Å². The van der Waals surface area contributed by atoms with Crippen molar-refractivity contribution in [1.82, 2.24) is 9.88 Å². The number of carbonyl (C=O) groups is 2. The van der Waals surface area contributed by atoms with Gasteiger partial charge < -0.3 is 30.2 Å². The summed E-state index contributed by atoms with van der Waals surface area (Å²) in [4.78, 5) is 37.8. The van der Waals surface area contributed by atoms with Crippen LogP contribution in [0.1, 0.15) is 60.4 Å². The number of ether oxygens (including phenoxy) is 1. The topological polar surface area (TPSA) is 130 Å². The van der Waals surface area contributed by atoms with E-state index in [4.69, 9.17) is 16.3 Å². The number of carboxylic acids is 1. The van der Waals surface area contributed by atoms with Crippen LogP contribution < -0.4 is 20.9 Å². The molecule has 1 aliphatic carbocycles. The smallest absolute Gasteiger partial charge is 0.319 e. The minimum atomic E-state index is -1.10. The molecule has 2 amide bonds. The van der Waals surface area contributed by atoms with Gasteiger partial charge in [0, 0.05) is 22.3 Å². The van der Waals surface area contributed by atoms with E-state index >= 15 is 0 Å². The van der Waals surface area contributed by atoms with Gasteiger partial charge in [0.1, 0.15) is 11.5 Å². The molecule has 1 fully saturated rings. The molecule has 0 radical (unpaired) electrons. The molecule has 0 bridgehead atoms. The van der Waals surface area contributed by atoms with Crippen molar-refractivity contribution >= 4 is 29.3 Å². The first-order valence-electron chi connectivity index (χ1n) is 13.3. The van der Waals surface area contributed by atoms with Crippen LogP contribution in [0.5, 0.6) is 11.5 Å². The molecule has 4 rings (SSSR count). The lowest BCUT2D eigenvalue weighted by Gasteiger charge is -2.20. The number of benzene rings is 2. The first-order chi connectivity index (χ1) is 19.1. The molecule has 10 heteroatoms. The fraction of sp³-hybridized carbons (Fsp3) is 0.367. The Morgan fingerprint density at radius 1 is 1.12 bits per heavy atom. The van der Waals surface area contributed by atoms with E-state index in [-0.39, 0.29) is 24.4 Å². The monoisotopic (exact) mass is 567 g/mol. The number of anilines is 1. The lowest BCUT2D eigenvalue weighted by molar-refractivity contribution is -0.137. The van der Waals surface area contributed by atoms with Crippen LogP contribution in [-0.4, -0.2) is 33.4 Å². The molecule has 0 spiro atoms. The summed E-state index contributed by atoms with van der Waals surface area (Å²) in [6.45, 7) is 4.14. The average molecular weight is 568 g/mol. The van der Waals surface area contributed by atoms with Gasteiger partial charge in [-0.2, -0.15) is 0 Å². The second-order valence-electron chi connectivity index (χ2n) is 10.3. The predicted octanol–water partition coefficient (Wildman–Crippen LogP) is 5.78. The minimum absolute atomic E-state index is 0.0565. The number of aromatic nitrogens is 1. The highest BCUT2D eigenvalue weighted by atomic mass is 35.5. The van der Waals surface area contributed by atoms with Gasteiger partial charge in [0.2, 0.25) is 0 Å². The Morgan fingerprint density at radius 3 is 2.50 bits per heavy atom. The maximum absolute atomic E-state index is 13.4. The summed E-state index contributed by atoms with van der Waals surface area (Å²) < 4.78 is 7.46. The van der Waals surface area contributed by atoms with Crippen LogP contribution in [0.2, 0.25) is 5.02 Å². The Bertz CT molecular complexity index is 1430. The van der Waals surface area contributed by atoms with Gasteiger partial charge in [0.25, 0.3) is 5.56 Å². The number of aryl methyl sites for hydroxylation is 2. The normalized spacial score (nSPS) is 14.1. The van der Waals surface area contributed by atoms with Gasteiger partial charge in [-0.25, -0.2) is 4.79 Å². The van der Waals surface area contributed by atoms with E-state index in [1.165, 1.54) is 23.6 Å². The number of urea groups is 1. The lowest BCUT2D eigenvalue weighted by Crippen LogP contribution is -2.36. The lowest BCUT2D eigenvalue weighted by atomic mass is 10.0. The number of halogens is 1. The third kappa shape index (κ3) is 7.15. The minimum Gasteiger partial charge on any atom is -0.505 e. The van der Waals surface area contributed by atoms with Crippen molar-refractivity contribution in [2.75, 3.05) is 11.9 Å². The van der Waals surface area contributed by atoms with Crippen LogP contribution in [0.15, 0.2) is 53.5 Å². The molecule has 2 aromatic carbocycles. The van der Waals surface area contributed by atoms with Gasteiger partial charge >= 0.3 is 12.0 Å². The highest BCUT2D eigenvalue weighted by Gasteiger charge is 2.22. The molecular weight excluding hydrogens is 534 g/mol. The summed E-state index contributed by atoms with van der Waals surface area (Å²) >= 11 is 6.52. The molecule has 0 saturated heterocycles. The van der Waals surface area contributed by atoms with E-state index < -0.39 is 23.6 Å². The zero-order valence-electron chi connectivity index (χ0n) is 22.6. The van der Waals surface area contributed by atoms with Crippen molar-refractivity contribution in [2.24, 2.45) is 5.92 Å². The highest BCUT2D eigenvalue weighted by molar-refractivity contribution is 6.31. The Morgan fingerprint density at radius 2 is 1.82 bits per heavy atom. The van der Waals surface area contributed by atoms with Gasteiger partial charge in [0.15, 0.2) is 5.69 Å². The molecule has 1 aliphatic rings. The van der Waals surface area contributed by atoms with Crippen LogP contribution >= 0.6 is 11.6 Å². The summed E-state index contributed by atoms with van der Waals surface area (Å²) in [5.41, 5.74) is 1.58. The molecule has 4 N–H and O–H groups in total.